The number of hydrogen-bond acceptors (Lipinski definition) is 12. The van der Waals surface area contributed by atoms with E-state index in [1.807, 2.05) is 4.90 Å². The van der Waals surface area contributed by atoms with Crippen LogP contribution in [0.25, 0.3) is 11.3 Å². The molecule has 0 saturated carbocycles. The maximum absolute atomic E-state index is 12.9. The second kappa shape index (κ2) is 11.3. The minimum Gasteiger partial charge on any atom is -0.378 e. The van der Waals surface area contributed by atoms with E-state index in [2.05, 4.69) is 15.3 Å². The third-order valence-corrected chi connectivity index (χ3v) is 6.88. The molecular weight excluding hydrogens is 518 g/mol. The Morgan fingerprint density at radius 1 is 0.900 bits per heavy atom. The molecule has 3 N–H and O–H groups in total. The molecule has 14 heteroatoms. The molecule has 208 valence electrons. The largest absolute Gasteiger partial charge is 0.436 e. The van der Waals surface area contributed by atoms with Crippen LogP contribution in [0.2, 0.25) is 0 Å². The summed E-state index contributed by atoms with van der Waals surface area (Å²) < 4.78 is 10.8. The SMILES string of the molecule is Nc1ncc(-c2nc(N3CCOCC3)nc3c2CCN3OC(=O)Nc2ccc(C(=O)N3CCOCC3)cc2)cn1. The van der Waals surface area contributed by atoms with Gasteiger partial charge in [0, 0.05) is 61.0 Å². The molecule has 0 bridgehead atoms. The summed E-state index contributed by atoms with van der Waals surface area (Å²) in [5, 5.41) is 4.19. The van der Waals surface area contributed by atoms with Crippen molar-refractivity contribution in [3.63, 3.8) is 0 Å². The van der Waals surface area contributed by atoms with E-state index < -0.39 is 6.09 Å². The van der Waals surface area contributed by atoms with Crippen LogP contribution in [0.4, 0.5) is 28.2 Å². The zero-order valence-corrected chi connectivity index (χ0v) is 21.8. The van der Waals surface area contributed by atoms with E-state index in [0.717, 1.165) is 5.56 Å². The zero-order chi connectivity index (χ0) is 27.5. The summed E-state index contributed by atoms with van der Waals surface area (Å²) in [5.74, 6) is 1.11. The number of rotatable bonds is 5. The summed E-state index contributed by atoms with van der Waals surface area (Å²) >= 11 is 0. The normalized spacial score (nSPS) is 16.9. The Bertz CT molecular complexity index is 1370. The van der Waals surface area contributed by atoms with E-state index in [-0.39, 0.29) is 11.9 Å². The van der Waals surface area contributed by atoms with Crippen molar-refractivity contribution in [3.8, 4) is 11.3 Å². The monoisotopic (exact) mass is 547 g/mol. The summed E-state index contributed by atoms with van der Waals surface area (Å²) in [5.41, 5.74) is 8.91. The van der Waals surface area contributed by atoms with Gasteiger partial charge >= 0.3 is 6.09 Å². The Hall–Kier alpha value is -4.56. The van der Waals surface area contributed by atoms with Gasteiger partial charge in [0.1, 0.15) is 0 Å². The number of nitrogen functional groups attached to an aromatic ring is 1. The number of carbonyl (C=O) groups excluding carboxylic acids is 2. The number of ether oxygens (including phenoxy) is 2. The molecule has 2 amide bonds. The molecule has 3 aromatic rings. The summed E-state index contributed by atoms with van der Waals surface area (Å²) in [4.78, 5) is 52.8. The third kappa shape index (κ3) is 5.44. The molecule has 40 heavy (non-hydrogen) atoms. The van der Waals surface area contributed by atoms with Crippen molar-refractivity contribution in [3.05, 3.63) is 47.8 Å². The number of amides is 2. The first kappa shape index (κ1) is 25.7. The Labute approximate surface area is 230 Å². The van der Waals surface area contributed by atoms with Crippen LogP contribution in [0.15, 0.2) is 36.7 Å². The second-order valence-electron chi connectivity index (χ2n) is 9.44. The number of carbonyl (C=O) groups is 2. The van der Waals surface area contributed by atoms with Gasteiger partial charge in [-0.05, 0) is 30.7 Å². The van der Waals surface area contributed by atoms with Gasteiger partial charge in [-0.3, -0.25) is 10.1 Å². The van der Waals surface area contributed by atoms with E-state index in [1.54, 1.807) is 41.6 Å². The number of nitrogens with two attached hydrogens (primary N) is 1. The standard InChI is InChI=1S/C26H29N9O5/c27-24-28-15-18(16-29-24)21-20-5-6-35(22(20)32-25(31-21)34-9-13-39-14-10-34)40-26(37)30-19-3-1-17(2-4-19)23(36)33-7-11-38-12-8-33/h1-4,15-16H,5-14H2,(H,30,37)(H2,27,28,29). The van der Waals surface area contributed by atoms with Gasteiger partial charge in [0.25, 0.3) is 5.91 Å². The van der Waals surface area contributed by atoms with Crippen LogP contribution >= 0.6 is 0 Å². The Morgan fingerprint density at radius 2 is 1.57 bits per heavy atom. The lowest BCUT2D eigenvalue weighted by atomic mass is 10.1. The zero-order valence-electron chi connectivity index (χ0n) is 21.8. The number of aromatic nitrogens is 4. The predicted octanol–water partition coefficient (Wildman–Crippen LogP) is 1.35. The van der Waals surface area contributed by atoms with Gasteiger partial charge in [-0.15, -0.1) is 0 Å². The number of hydrogen-bond donors (Lipinski definition) is 2. The van der Waals surface area contributed by atoms with Crippen LogP contribution in [-0.4, -0.2) is 96.0 Å². The molecule has 3 aliphatic rings. The molecule has 1 aromatic carbocycles. The van der Waals surface area contributed by atoms with E-state index in [0.29, 0.717) is 99.8 Å². The van der Waals surface area contributed by atoms with E-state index in [1.165, 1.54) is 5.06 Å². The molecule has 0 unspecified atom stereocenters. The van der Waals surface area contributed by atoms with Gasteiger partial charge in [-0.25, -0.2) is 19.7 Å². The molecule has 2 aromatic heterocycles. The molecule has 2 fully saturated rings. The molecule has 0 aliphatic carbocycles. The van der Waals surface area contributed by atoms with Gasteiger partial charge in [0.2, 0.25) is 11.9 Å². The number of morpholine rings is 2. The van der Waals surface area contributed by atoms with Crippen molar-refractivity contribution in [2.45, 2.75) is 6.42 Å². The Balaban J connectivity index is 1.18. The molecule has 14 nitrogen and oxygen atoms in total. The van der Waals surface area contributed by atoms with Gasteiger partial charge in [0.05, 0.1) is 38.7 Å². The summed E-state index contributed by atoms with van der Waals surface area (Å²) in [7, 11) is 0. The van der Waals surface area contributed by atoms with Crippen molar-refractivity contribution in [2.24, 2.45) is 0 Å². The van der Waals surface area contributed by atoms with Crippen molar-refractivity contribution in [1.29, 1.82) is 0 Å². The van der Waals surface area contributed by atoms with Gasteiger partial charge in [0.15, 0.2) is 5.82 Å². The number of fused-ring (bicyclic) bond motifs is 1. The molecule has 6 rings (SSSR count). The van der Waals surface area contributed by atoms with Crippen molar-refractivity contribution in [2.75, 3.05) is 80.2 Å². The number of hydroxylamine groups is 1. The van der Waals surface area contributed by atoms with Crippen LogP contribution in [-0.2, 0) is 20.7 Å². The van der Waals surface area contributed by atoms with Crippen molar-refractivity contribution < 1.29 is 23.9 Å². The van der Waals surface area contributed by atoms with Gasteiger partial charge < -0.3 is 29.8 Å². The molecule has 0 spiro atoms. The van der Waals surface area contributed by atoms with Gasteiger partial charge in [-0.2, -0.15) is 10.0 Å². The molecule has 0 radical (unpaired) electrons. The highest BCUT2D eigenvalue weighted by Gasteiger charge is 2.31. The fourth-order valence-electron chi connectivity index (χ4n) is 4.79. The molecular formula is C26H29N9O5. The first-order valence-electron chi connectivity index (χ1n) is 13.1. The summed E-state index contributed by atoms with van der Waals surface area (Å²) in [6, 6.07) is 6.71. The number of nitrogens with one attached hydrogen (secondary N) is 1. The van der Waals surface area contributed by atoms with E-state index in [9.17, 15) is 9.59 Å². The highest BCUT2D eigenvalue weighted by Crippen LogP contribution is 2.35. The van der Waals surface area contributed by atoms with Gasteiger partial charge in [-0.1, -0.05) is 0 Å². The topological polar surface area (TPSA) is 161 Å². The Kier molecular flexibility index (Phi) is 7.25. The third-order valence-electron chi connectivity index (χ3n) is 6.88. The maximum atomic E-state index is 12.9. The lowest BCUT2D eigenvalue weighted by molar-refractivity contribution is 0.0303. The minimum absolute atomic E-state index is 0.0656. The van der Waals surface area contributed by atoms with E-state index in [4.69, 9.17) is 30.0 Å². The number of nitrogens with zero attached hydrogens (tertiary/aromatic N) is 7. The Morgan fingerprint density at radius 3 is 2.27 bits per heavy atom. The van der Waals surface area contributed by atoms with Crippen molar-refractivity contribution in [1.82, 2.24) is 24.8 Å². The lowest BCUT2D eigenvalue weighted by Gasteiger charge is -2.28. The quantitative estimate of drug-likeness (QED) is 0.472. The highest BCUT2D eigenvalue weighted by atomic mass is 16.7. The maximum Gasteiger partial charge on any atom is 0.436 e. The second-order valence-corrected chi connectivity index (χ2v) is 9.44. The van der Waals surface area contributed by atoms with Crippen LogP contribution in [0.1, 0.15) is 15.9 Å². The fraction of sp³-hybridized carbons (Fsp3) is 0.385. The molecule has 0 atom stereocenters. The van der Waals surface area contributed by atoms with Crippen molar-refractivity contribution >= 4 is 35.4 Å². The average molecular weight is 548 g/mol. The predicted molar refractivity (Wildman–Crippen MR) is 145 cm³/mol. The summed E-state index contributed by atoms with van der Waals surface area (Å²) in [6.45, 7) is 5.01. The first-order chi connectivity index (χ1) is 19.5. The average Bonchev–Trinajstić information content (AvgIpc) is 3.40. The lowest BCUT2D eigenvalue weighted by Crippen LogP contribution is -2.40. The summed E-state index contributed by atoms with van der Waals surface area (Å²) in [6.07, 6.45) is 3.13. The first-order valence-corrected chi connectivity index (χ1v) is 13.1. The number of benzene rings is 1. The highest BCUT2D eigenvalue weighted by molar-refractivity contribution is 5.95. The fourth-order valence-corrected chi connectivity index (χ4v) is 4.79. The van der Waals surface area contributed by atoms with E-state index >= 15 is 0 Å². The smallest absolute Gasteiger partial charge is 0.378 e. The van der Waals surface area contributed by atoms with Crippen LogP contribution < -0.4 is 21.0 Å². The molecule has 3 aliphatic heterocycles. The van der Waals surface area contributed by atoms with Crippen LogP contribution in [0.3, 0.4) is 0 Å². The minimum atomic E-state index is -0.677. The van der Waals surface area contributed by atoms with Crippen LogP contribution in [0.5, 0.6) is 0 Å². The molecule has 5 heterocycles. The van der Waals surface area contributed by atoms with Crippen LogP contribution in [0, 0.1) is 0 Å². The molecule has 2 saturated heterocycles. The number of anilines is 4.